The van der Waals surface area contributed by atoms with Crippen molar-refractivity contribution in [1.82, 2.24) is 9.80 Å². The Morgan fingerprint density at radius 2 is 1.54 bits per heavy atom. The summed E-state index contributed by atoms with van der Waals surface area (Å²) >= 11 is 0. The Labute approximate surface area is 144 Å². The van der Waals surface area contributed by atoms with Crippen molar-refractivity contribution in [3.8, 4) is 11.5 Å². The lowest BCUT2D eigenvalue weighted by atomic mass is 9.95. The highest BCUT2D eigenvalue weighted by atomic mass is 16.6. The van der Waals surface area contributed by atoms with E-state index in [1.807, 2.05) is 4.90 Å². The SMILES string of the molecule is COc1ccc(OC(=O)N2CCC(N3CCC(C)CC3)CC2)cc1. The summed E-state index contributed by atoms with van der Waals surface area (Å²) in [6.07, 6.45) is 4.46. The second-order valence-electron chi connectivity index (χ2n) is 6.98. The summed E-state index contributed by atoms with van der Waals surface area (Å²) < 4.78 is 10.6. The predicted octanol–water partition coefficient (Wildman–Crippen LogP) is 3.39. The lowest BCUT2D eigenvalue weighted by Crippen LogP contribution is -2.49. The third kappa shape index (κ3) is 4.20. The molecule has 5 nitrogen and oxygen atoms in total. The van der Waals surface area contributed by atoms with Crippen molar-refractivity contribution < 1.29 is 14.3 Å². The number of piperidine rings is 2. The Kier molecular flexibility index (Phi) is 5.61. The van der Waals surface area contributed by atoms with E-state index < -0.39 is 0 Å². The summed E-state index contributed by atoms with van der Waals surface area (Å²) in [5.41, 5.74) is 0. The van der Waals surface area contributed by atoms with Crippen LogP contribution in [0.2, 0.25) is 0 Å². The molecule has 1 amide bonds. The van der Waals surface area contributed by atoms with Gasteiger partial charge >= 0.3 is 6.09 Å². The minimum Gasteiger partial charge on any atom is -0.497 e. The van der Waals surface area contributed by atoms with Gasteiger partial charge in [-0.2, -0.15) is 0 Å². The molecule has 0 spiro atoms. The Morgan fingerprint density at radius 1 is 0.958 bits per heavy atom. The fourth-order valence-corrected chi connectivity index (χ4v) is 3.62. The topological polar surface area (TPSA) is 42.0 Å². The molecule has 1 aromatic carbocycles. The van der Waals surface area contributed by atoms with E-state index in [9.17, 15) is 4.79 Å². The van der Waals surface area contributed by atoms with Crippen molar-refractivity contribution >= 4 is 6.09 Å². The molecule has 0 saturated carbocycles. The van der Waals surface area contributed by atoms with Gasteiger partial charge in [-0.1, -0.05) is 6.92 Å². The van der Waals surface area contributed by atoms with Gasteiger partial charge in [-0.25, -0.2) is 4.79 Å². The summed E-state index contributed by atoms with van der Waals surface area (Å²) in [6.45, 7) is 6.33. The third-order valence-corrected chi connectivity index (χ3v) is 5.32. The van der Waals surface area contributed by atoms with Crippen LogP contribution in [0, 0.1) is 5.92 Å². The average Bonchev–Trinajstić information content (AvgIpc) is 2.63. The number of rotatable bonds is 3. The average molecular weight is 332 g/mol. The highest BCUT2D eigenvalue weighted by Crippen LogP contribution is 2.24. The van der Waals surface area contributed by atoms with Crippen LogP contribution in [0.15, 0.2) is 24.3 Å². The highest BCUT2D eigenvalue weighted by Gasteiger charge is 2.29. The van der Waals surface area contributed by atoms with Gasteiger partial charge in [0.05, 0.1) is 7.11 Å². The molecule has 132 valence electrons. The predicted molar refractivity (Wildman–Crippen MR) is 93.6 cm³/mol. The smallest absolute Gasteiger partial charge is 0.415 e. The zero-order valence-electron chi connectivity index (χ0n) is 14.7. The van der Waals surface area contributed by atoms with E-state index in [2.05, 4.69) is 11.8 Å². The molecule has 2 aliphatic heterocycles. The van der Waals surface area contributed by atoms with Gasteiger partial charge in [0.1, 0.15) is 11.5 Å². The summed E-state index contributed by atoms with van der Waals surface area (Å²) in [7, 11) is 1.62. The molecule has 0 bridgehead atoms. The van der Waals surface area contributed by atoms with Gasteiger partial charge in [0, 0.05) is 19.1 Å². The number of hydrogen-bond donors (Lipinski definition) is 0. The Morgan fingerprint density at radius 3 is 2.12 bits per heavy atom. The monoisotopic (exact) mass is 332 g/mol. The van der Waals surface area contributed by atoms with Crippen LogP contribution in [0.3, 0.4) is 0 Å². The summed E-state index contributed by atoms with van der Waals surface area (Å²) in [5, 5.41) is 0. The highest BCUT2D eigenvalue weighted by molar-refractivity contribution is 5.70. The molecule has 0 unspecified atom stereocenters. The van der Waals surface area contributed by atoms with Crippen molar-refractivity contribution in [2.24, 2.45) is 5.92 Å². The molecule has 24 heavy (non-hydrogen) atoms. The quantitative estimate of drug-likeness (QED) is 0.851. The minimum absolute atomic E-state index is 0.245. The van der Waals surface area contributed by atoms with E-state index in [0.29, 0.717) is 11.8 Å². The fourth-order valence-electron chi connectivity index (χ4n) is 3.62. The number of ether oxygens (including phenoxy) is 2. The Balaban J connectivity index is 1.46. The van der Waals surface area contributed by atoms with E-state index in [1.54, 1.807) is 31.4 Å². The van der Waals surface area contributed by atoms with Crippen LogP contribution in [-0.4, -0.2) is 55.2 Å². The zero-order chi connectivity index (χ0) is 16.9. The maximum absolute atomic E-state index is 12.3. The van der Waals surface area contributed by atoms with Crippen LogP contribution in [0.1, 0.15) is 32.6 Å². The molecule has 2 fully saturated rings. The molecule has 2 aliphatic rings. The van der Waals surface area contributed by atoms with Crippen molar-refractivity contribution in [3.63, 3.8) is 0 Å². The number of likely N-dealkylation sites (tertiary alicyclic amines) is 2. The number of amides is 1. The molecule has 3 rings (SSSR count). The molecular weight excluding hydrogens is 304 g/mol. The van der Waals surface area contributed by atoms with Gasteiger partial charge in [-0.3, -0.25) is 0 Å². The number of nitrogens with zero attached hydrogens (tertiary/aromatic N) is 2. The number of benzene rings is 1. The first-order valence-electron chi connectivity index (χ1n) is 9.00. The first-order valence-corrected chi connectivity index (χ1v) is 9.00. The molecule has 2 heterocycles. The maximum atomic E-state index is 12.3. The molecular formula is C19H28N2O3. The third-order valence-electron chi connectivity index (χ3n) is 5.32. The van der Waals surface area contributed by atoms with Crippen LogP contribution < -0.4 is 9.47 Å². The summed E-state index contributed by atoms with van der Waals surface area (Å²) in [4.78, 5) is 16.8. The van der Waals surface area contributed by atoms with Crippen molar-refractivity contribution in [3.05, 3.63) is 24.3 Å². The van der Waals surface area contributed by atoms with Crippen molar-refractivity contribution in [1.29, 1.82) is 0 Å². The van der Waals surface area contributed by atoms with Crippen LogP contribution in [-0.2, 0) is 0 Å². The van der Waals surface area contributed by atoms with Crippen molar-refractivity contribution in [2.75, 3.05) is 33.3 Å². The largest absolute Gasteiger partial charge is 0.497 e. The van der Waals surface area contributed by atoms with E-state index in [-0.39, 0.29) is 6.09 Å². The summed E-state index contributed by atoms with van der Waals surface area (Å²) in [6, 6.07) is 7.75. The molecule has 0 atom stereocenters. The van der Waals surface area contributed by atoms with E-state index in [0.717, 1.165) is 37.6 Å². The molecule has 5 heteroatoms. The van der Waals surface area contributed by atoms with Gasteiger partial charge in [-0.05, 0) is 69.0 Å². The van der Waals surface area contributed by atoms with Gasteiger partial charge in [-0.15, -0.1) is 0 Å². The second kappa shape index (κ2) is 7.88. The normalized spacial score (nSPS) is 20.8. The van der Waals surface area contributed by atoms with Gasteiger partial charge in [0.2, 0.25) is 0 Å². The molecule has 0 aromatic heterocycles. The van der Waals surface area contributed by atoms with E-state index >= 15 is 0 Å². The van der Waals surface area contributed by atoms with Crippen molar-refractivity contribution in [2.45, 2.75) is 38.6 Å². The molecule has 0 N–H and O–H groups in total. The molecule has 0 radical (unpaired) electrons. The number of carbonyl (C=O) groups is 1. The van der Waals surface area contributed by atoms with Crippen LogP contribution in [0.5, 0.6) is 11.5 Å². The van der Waals surface area contributed by atoms with Gasteiger partial charge in [0.25, 0.3) is 0 Å². The summed E-state index contributed by atoms with van der Waals surface area (Å²) in [5.74, 6) is 2.18. The van der Waals surface area contributed by atoms with Gasteiger partial charge in [0.15, 0.2) is 0 Å². The zero-order valence-corrected chi connectivity index (χ0v) is 14.7. The first-order chi connectivity index (χ1) is 11.7. The standard InChI is InChI=1S/C19H28N2O3/c1-15-7-11-20(12-8-15)16-9-13-21(14-10-16)19(22)24-18-5-3-17(23-2)4-6-18/h3-6,15-16H,7-14H2,1-2H3. The Hall–Kier alpha value is -1.75. The number of carbonyl (C=O) groups excluding carboxylic acids is 1. The molecule has 1 aromatic rings. The second-order valence-corrected chi connectivity index (χ2v) is 6.98. The van der Waals surface area contributed by atoms with Crippen LogP contribution in [0.25, 0.3) is 0 Å². The maximum Gasteiger partial charge on any atom is 0.415 e. The number of hydrogen-bond acceptors (Lipinski definition) is 4. The van der Waals surface area contributed by atoms with E-state index in [4.69, 9.17) is 9.47 Å². The number of methoxy groups -OCH3 is 1. The van der Waals surface area contributed by atoms with Gasteiger partial charge < -0.3 is 19.3 Å². The minimum atomic E-state index is -0.245. The van der Waals surface area contributed by atoms with Crippen LogP contribution in [0.4, 0.5) is 4.79 Å². The fraction of sp³-hybridized carbons (Fsp3) is 0.632. The van der Waals surface area contributed by atoms with E-state index in [1.165, 1.54) is 25.9 Å². The Bertz CT molecular complexity index is 530. The lowest BCUT2D eigenvalue weighted by Gasteiger charge is -2.41. The molecule has 2 saturated heterocycles. The van der Waals surface area contributed by atoms with Crippen LogP contribution >= 0.6 is 0 Å². The lowest BCUT2D eigenvalue weighted by molar-refractivity contribution is 0.0783. The molecule has 0 aliphatic carbocycles. The first kappa shape index (κ1) is 17.1.